The van der Waals surface area contributed by atoms with Gasteiger partial charge in [0.05, 0.1) is 6.26 Å². The molecule has 8 heteroatoms. The van der Waals surface area contributed by atoms with Crippen LogP contribution in [-0.4, -0.2) is 57.3 Å². The maximum absolute atomic E-state index is 12.9. The van der Waals surface area contributed by atoms with Gasteiger partial charge in [0.25, 0.3) is 17.4 Å². The highest BCUT2D eigenvalue weighted by Gasteiger charge is 2.28. The third kappa shape index (κ3) is 2.99. The monoisotopic (exact) mass is 366 g/mol. The van der Waals surface area contributed by atoms with Crippen molar-refractivity contribution in [3.8, 4) is 0 Å². The summed E-state index contributed by atoms with van der Waals surface area (Å²) in [5.41, 5.74) is 0.275. The number of nitrogens with zero attached hydrogens (tertiary/aromatic N) is 4. The molecule has 1 aliphatic rings. The van der Waals surface area contributed by atoms with E-state index in [0.717, 1.165) is 5.39 Å². The third-order valence-corrected chi connectivity index (χ3v) is 4.79. The van der Waals surface area contributed by atoms with E-state index in [9.17, 15) is 14.4 Å². The van der Waals surface area contributed by atoms with Crippen molar-refractivity contribution in [2.45, 2.75) is 0 Å². The number of carbonyl (C=O) groups excluding carboxylic acids is 2. The fraction of sp³-hybridized carbons (Fsp3) is 0.263. The highest BCUT2D eigenvalue weighted by molar-refractivity contribution is 5.97. The Bertz CT molecular complexity index is 1060. The number of furan rings is 1. The molecule has 138 valence electrons. The molecule has 0 unspecified atom stereocenters. The zero-order valence-electron chi connectivity index (χ0n) is 14.8. The molecule has 0 spiro atoms. The summed E-state index contributed by atoms with van der Waals surface area (Å²) in [6, 6.07) is 8.45. The van der Waals surface area contributed by atoms with Gasteiger partial charge >= 0.3 is 0 Å². The molecule has 4 heterocycles. The lowest BCUT2D eigenvalue weighted by atomic mass is 10.1. The lowest BCUT2D eigenvalue weighted by molar-refractivity contribution is 0.0517. The lowest BCUT2D eigenvalue weighted by Crippen LogP contribution is -2.51. The average molecular weight is 366 g/mol. The summed E-state index contributed by atoms with van der Waals surface area (Å²) in [6.45, 7) is 1.50. The summed E-state index contributed by atoms with van der Waals surface area (Å²) < 4.78 is 6.53. The Morgan fingerprint density at radius 1 is 1.04 bits per heavy atom. The molecule has 0 N–H and O–H groups in total. The Morgan fingerprint density at radius 2 is 1.74 bits per heavy atom. The third-order valence-electron chi connectivity index (χ3n) is 4.79. The Balaban J connectivity index is 1.53. The van der Waals surface area contributed by atoms with E-state index in [1.54, 1.807) is 47.3 Å². The minimum atomic E-state index is -0.375. The summed E-state index contributed by atoms with van der Waals surface area (Å²) in [5, 5.41) is 0.731. The van der Waals surface area contributed by atoms with Crippen LogP contribution in [0.1, 0.15) is 20.9 Å². The van der Waals surface area contributed by atoms with Crippen molar-refractivity contribution in [2.75, 3.05) is 26.2 Å². The minimum absolute atomic E-state index is 0.115. The predicted octanol–water partition coefficient (Wildman–Crippen LogP) is 1.12. The average Bonchev–Trinajstić information content (AvgIpc) is 3.24. The molecule has 1 fully saturated rings. The second-order valence-corrected chi connectivity index (χ2v) is 6.40. The van der Waals surface area contributed by atoms with Crippen molar-refractivity contribution in [1.29, 1.82) is 0 Å². The summed E-state index contributed by atoms with van der Waals surface area (Å²) >= 11 is 0. The Labute approximate surface area is 154 Å². The van der Waals surface area contributed by atoms with Crippen LogP contribution in [0.5, 0.6) is 0 Å². The maximum atomic E-state index is 12.9. The number of carbonyl (C=O) groups is 2. The van der Waals surface area contributed by atoms with Gasteiger partial charge in [-0.25, -0.2) is 4.98 Å². The highest BCUT2D eigenvalue weighted by atomic mass is 16.3. The molecule has 4 rings (SSSR count). The van der Waals surface area contributed by atoms with E-state index < -0.39 is 0 Å². The fourth-order valence-electron chi connectivity index (χ4n) is 3.29. The van der Waals surface area contributed by atoms with Crippen LogP contribution in [0.2, 0.25) is 0 Å². The summed E-state index contributed by atoms with van der Waals surface area (Å²) in [5.74, 6) is -0.239. The zero-order valence-corrected chi connectivity index (χ0v) is 14.8. The maximum Gasteiger partial charge on any atom is 0.289 e. The van der Waals surface area contributed by atoms with Crippen LogP contribution < -0.4 is 5.56 Å². The van der Waals surface area contributed by atoms with Gasteiger partial charge in [-0.1, -0.05) is 0 Å². The van der Waals surface area contributed by atoms with Crippen molar-refractivity contribution >= 4 is 22.8 Å². The van der Waals surface area contributed by atoms with E-state index in [1.807, 2.05) is 6.07 Å². The first-order chi connectivity index (χ1) is 13.1. The summed E-state index contributed by atoms with van der Waals surface area (Å²) in [6.07, 6.45) is 3.07. The number of piperazine rings is 1. The first-order valence-corrected chi connectivity index (χ1v) is 8.63. The topological polar surface area (TPSA) is 88.7 Å². The van der Waals surface area contributed by atoms with Crippen LogP contribution in [0.15, 0.2) is 52.0 Å². The minimum Gasteiger partial charge on any atom is -0.459 e. The predicted molar refractivity (Wildman–Crippen MR) is 97.5 cm³/mol. The fourth-order valence-corrected chi connectivity index (χ4v) is 3.29. The van der Waals surface area contributed by atoms with Crippen LogP contribution >= 0.6 is 0 Å². The molecule has 0 atom stereocenters. The van der Waals surface area contributed by atoms with E-state index in [4.69, 9.17) is 4.42 Å². The Kier molecular flexibility index (Phi) is 4.23. The number of pyridine rings is 2. The molecule has 1 saturated heterocycles. The molecule has 0 radical (unpaired) electrons. The normalized spacial score (nSPS) is 14.6. The van der Waals surface area contributed by atoms with E-state index in [2.05, 4.69) is 4.98 Å². The number of hydrogen-bond donors (Lipinski definition) is 0. The molecule has 3 aromatic rings. The van der Waals surface area contributed by atoms with Crippen molar-refractivity contribution < 1.29 is 14.0 Å². The van der Waals surface area contributed by atoms with E-state index >= 15 is 0 Å². The summed E-state index contributed by atoms with van der Waals surface area (Å²) in [7, 11) is 1.61. The van der Waals surface area contributed by atoms with Crippen molar-refractivity contribution in [3.05, 3.63) is 64.5 Å². The molecule has 2 amide bonds. The van der Waals surface area contributed by atoms with Gasteiger partial charge in [0.15, 0.2) is 5.76 Å². The van der Waals surface area contributed by atoms with Gasteiger partial charge in [0.1, 0.15) is 11.2 Å². The molecule has 8 nitrogen and oxygen atoms in total. The molecular formula is C19H18N4O4. The second-order valence-electron chi connectivity index (χ2n) is 6.40. The lowest BCUT2D eigenvalue weighted by Gasteiger charge is -2.34. The zero-order chi connectivity index (χ0) is 19.0. The number of hydrogen-bond acceptors (Lipinski definition) is 5. The van der Waals surface area contributed by atoms with Crippen LogP contribution in [0.4, 0.5) is 0 Å². The van der Waals surface area contributed by atoms with Gasteiger partial charge in [0.2, 0.25) is 0 Å². The molecular weight excluding hydrogens is 348 g/mol. The highest BCUT2D eigenvalue weighted by Crippen LogP contribution is 2.14. The Morgan fingerprint density at radius 3 is 2.41 bits per heavy atom. The van der Waals surface area contributed by atoms with Crippen LogP contribution in [0, 0.1) is 0 Å². The van der Waals surface area contributed by atoms with Crippen molar-refractivity contribution in [3.63, 3.8) is 0 Å². The molecule has 0 aliphatic carbocycles. The number of amides is 2. The van der Waals surface area contributed by atoms with Gasteiger partial charge in [-0.3, -0.25) is 19.0 Å². The molecule has 27 heavy (non-hydrogen) atoms. The van der Waals surface area contributed by atoms with E-state index in [1.165, 1.54) is 10.8 Å². The first-order valence-electron chi connectivity index (χ1n) is 8.63. The molecule has 0 bridgehead atoms. The van der Waals surface area contributed by atoms with Crippen LogP contribution in [0.25, 0.3) is 11.0 Å². The van der Waals surface area contributed by atoms with Gasteiger partial charge in [0, 0.05) is 44.8 Å². The largest absolute Gasteiger partial charge is 0.459 e. The Hall–Kier alpha value is -3.42. The number of rotatable bonds is 2. The SMILES string of the molecule is Cn1c(=O)c(C(=O)N2CCN(C(=O)c3ccco3)CC2)cc2cccnc21. The van der Waals surface area contributed by atoms with Gasteiger partial charge in [-0.05, 0) is 30.3 Å². The first kappa shape index (κ1) is 17.0. The molecule has 0 aromatic carbocycles. The quantitative estimate of drug-likeness (QED) is 0.678. The number of fused-ring (bicyclic) bond motifs is 1. The van der Waals surface area contributed by atoms with Crippen LogP contribution in [-0.2, 0) is 7.05 Å². The van der Waals surface area contributed by atoms with Gasteiger partial charge in [-0.15, -0.1) is 0 Å². The van der Waals surface area contributed by atoms with Gasteiger partial charge in [-0.2, -0.15) is 0 Å². The second kappa shape index (κ2) is 6.71. The number of aromatic nitrogens is 2. The smallest absolute Gasteiger partial charge is 0.289 e. The van der Waals surface area contributed by atoms with Crippen molar-refractivity contribution in [1.82, 2.24) is 19.4 Å². The van der Waals surface area contributed by atoms with Crippen molar-refractivity contribution in [2.24, 2.45) is 7.05 Å². The molecule has 0 saturated carbocycles. The van der Waals surface area contributed by atoms with E-state index in [0.29, 0.717) is 31.8 Å². The molecule has 3 aromatic heterocycles. The number of aryl methyl sites for hydroxylation is 1. The van der Waals surface area contributed by atoms with Crippen LogP contribution in [0.3, 0.4) is 0 Å². The van der Waals surface area contributed by atoms with E-state index in [-0.39, 0.29) is 28.7 Å². The standard InChI is InChI=1S/C19H18N4O4/c1-21-16-13(4-2-6-20-16)12-14(17(21)24)18(25)22-7-9-23(10-8-22)19(26)15-5-3-11-27-15/h2-6,11-12H,7-10H2,1H3. The van der Waals surface area contributed by atoms with Gasteiger partial charge < -0.3 is 14.2 Å². The molecule has 1 aliphatic heterocycles. The summed E-state index contributed by atoms with van der Waals surface area (Å²) in [4.78, 5) is 45.2.